The Morgan fingerprint density at radius 3 is 2.16 bits per heavy atom. The van der Waals surface area contributed by atoms with E-state index in [1.807, 2.05) is 0 Å². The Morgan fingerprint density at radius 2 is 1.63 bits per heavy atom. The number of anilines is 1. The summed E-state index contributed by atoms with van der Waals surface area (Å²) >= 11 is 0. The molecule has 0 fully saturated rings. The van der Waals surface area contributed by atoms with Crippen LogP contribution in [-0.4, -0.2) is 38.5 Å². The molecule has 2 rings (SSSR count). The Labute approximate surface area is 115 Å². The molecule has 0 N–H and O–H groups in total. The molecule has 0 unspecified atom stereocenters. The van der Waals surface area contributed by atoms with E-state index in [0.717, 1.165) is 5.57 Å². The molecular formula is C17H21N2+. The topological polar surface area (TPSA) is 6.25 Å². The molecule has 0 saturated heterocycles. The van der Waals surface area contributed by atoms with E-state index in [2.05, 4.69) is 86.7 Å². The molecule has 0 atom stereocenters. The smallest absolute Gasteiger partial charge is 0.200 e. The summed E-state index contributed by atoms with van der Waals surface area (Å²) < 4.78 is 2.11. The molecule has 1 aliphatic rings. The number of rotatable bonds is 2. The fourth-order valence-electron chi connectivity index (χ4n) is 2.05. The van der Waals surface area contributed by atoms with E-state index in [-0.39, 0.29) is 0 Å². The maximum Gasteiger partial charge on any atom is 0.200 e. The quantitative estimate of drug-likeness (QED) is 0.734. The first-order valence-electron chi connectivity index (χ1n) is 6.40. The van der Waals surface area contributed by atoms with Gasteiger partial charge in [-0.2, -0.15) is 0 Å². The van der Waals surface area contributed by atoms with Gasteiger partial charge in [0.2, 0.25) is 0 Å². The van der Waals surface area contributed by atoms with Crippen LogP contribution in [0.15, 0.2) is 54.6 Å². The van der Waals surface area contributed by atoms with Gasteiger partial charge in [0.25, 0.3) is 0 Å². The molecule has 0 aliphatic heterocycles. The highest BCUT2D eigenvalue weighted by Crippen LogP contribution is 2.27. The monoisotopic (exact) mass is 253 g/mol. The van der Waals surface area contributed by atoms with Gasteiger partial charge < -0.3 is 4.90 Å². The Bertz CT molecular complexity index is 580. The summed E-state index contributed by atoms with van der Waals surface area (Å²) in [6.45, 7) is 4.13. The van der Waals surface area contributed by atoms with Crippen LogP contribution in [0.25, 0.3) is 5.57 Å². The van der Waals surface area contributed by atoms with Crippen LogP contribution < -0.4 is 4.90 Å². The standard InChI is InChI=1S/C17H21N2/c1-13-6-9-16(19(4)5)12-17(13)14-7-10-15(11-8-14)18(2)3/h6-12H,1H2,2-5H3/q+1. The first kappa shape index (κ1) is 13.3. The predicted octanol–water partition coefficient (Wildman–Crippen LogP) is 2.98. The molecule has 0 aromatic heterocycles. The molecule has 0 spiro atoms. The molecule has 1 aromatic carbocycles. The van der Waals surface area contributed by atoms with Crippen molar-refractivity contribution in [2.75, 3.05) is 33.1 Å². The zero-order valence-electron chi connectivity index (χ0n) is 12.1. The van der Waals surface area contributed by atoms with Gasteiger partial charge >= 0.3 is 0 Å². The normalized spacial score (nSPS) is 14.4. The third-order valence-electron chi connectivity index (χ3n) is 3.30. The van der Waals surface area contributed by atoms with Crippen molar-refractivity contribution in [2.45, 2.75) is 0 Å². The van der Waals surface area contributed by atoms with Crippen molar-refractivity contribution in [3.05, 3.63) is 60.2 Å². The van der Waals surface area contributed by atoms with Crippen molar-refractivity contribution >= 4 is 17.0 Å². The van der Waals surface area contributed by atoms with Crippen LogP contribution in [0.3, 0.4) is 0 Å². The summed E-state index contributed by atoms with van der Waals surface area (Å²) in [6, 6.07) is 8.58. The van der Waals surface area contributed by atoms with Crippen molar-refractivity contribution < 1.29 is 4.58 Å². The van der Waals surface area contributed by atoms with E-state index >= 15 is 0 Å². The molecule has 0 amide bonds. The summed E-state index contributed by atoms with van der Waals surface area (Å²) in [5, 5.41) is 0. The summed E-state index contributed by atoms with van der Waals surface area (Å²) in [5.41, 5.74) is 5.86. The molecule has 19 heavy (non-hydrogen) atoms. The van der Waals surface area contributed by atoms with Crippen molar-refractivity contribution in [3.8, 4) is 0 Å². The van der Waals surface area contributed by atoms with Gasteiger partial charge in [-0.05, 0) is 34.9 Å². The van der Waals surface area contributed by atoms with E-state index in [1.54, 1.807) is 0 Å². The summed E-state index contributed by atoms with van der Waals surface area (Å²) in [6.07, 6.45) is 6.36. The Morgan fingerprint density at radius 1 is 1.00 bits per heavy atom. The number of hydrogen-bond donors (Lipinski definition) is 0. The van der Waals surface area contributed by atoms with Crippen LogP contribution in [-0.2, 0) is 0 Å². The van der Waals surface area contributed by atoms with Crippen LogP contribution in [0.5, 0.6) is 0 Å². The van der Waals surface area contributed by atoms with Crippen LogP contribution >= 0.6 is 0 Å². The zero-order chi connectivity index (χ0) is 14.0. The van der Waals surface area contributed by atoms with Gasteiger partial charge in [0.1, 0.15) is 14.1 Å². The highest BCUT2D eigenvalue weighted by atomic mass is 15.1. The van der Waals surface area contributed by atoms with Crippen molar-refractivity contribution in [1.82, 2.24) is 0 Å². The van der Waals surface area contributed by atoms with E-state index in [0.29, 0.717) is 0 Å². The molecule has 0 radical (unpaired) electrons. The molecular weight excluding hydrogens is 232 g/mol. The summed E-state index contributed by atoms with van der Waals surface area (Å²) in [4.78, 5) is 2.10. The average molecular weight is 253 g/mol. The van der Waals surface area contributed by atoms with Crippen molar-refractivity contribution in [2.24, 2.45) is 0 Å². The Kier molecular flexibility index (Phi) is 3.70. The lowest BCUT2D eigenvalue weighted by molar-refractivity contribution is -0.462. The minimum absolute atomic E-state index is 1.06. The van der Waals surface area contributed by atoms with Crippen LogP contribution in [0, 0.1) is 0 Å². The van der Waals surface area contributed by atoms with Gasteiger partial charge in [0, 0.05) is 31.9 Å². The minimum Gasteiger partial charge on any atom is -0.378 e. The highest BCUT2D eigenvalue weighted by Gasteiger charge is 2.13. The SMILES string of the molecule is C=C1C=CC(=[N+](C)C)C=C1c1ccc(N(C)C)cc1. The second kappa shape index (κ2) is 5.27. The average Bonchev–Trinajstić information content (AvgIpc) is 2.39. The van der Waals surface area contributed by atoms with Crippen LogP contribution in [0.1, 0.15) is 5.56 Å². The molecule has 0 heterocycles. The van der Waals surface area contributed by atoms with E-state index in [1.165, 1.54) is 22.5 Å². The predicted molar refractivity (Wildman–Crippen MR) is 84.1 cm³/mol. The van der Waals surface area contributed by atoms with Gasteiger partial charge in [0.05, 0.1) is 0 Å². The lowest BCUT2D eigenvalue weighted by atomic mass is 9.93. The summed E-state index contributed by atoms with van der Waals surface area (Å²) in [5.74, 6) is 0. The van der Waals surface area contributed by atoms with Gasteiger partial charge in [-0.1, -0.05) is 18.7 Å². The van der Waals surface area contributed by atoms with Gasteiger partial charge in [-0.15, -0.1) is 0 Å². The fourth-order valence-corrected chi connectivity index (χ4v) is 2.05. The van der Waals surface area contributed by atoms with Gasteiger partial charge in [-0.25, -0.2) is 4.58 Å². The molecule has 1 aromatic rings. The van der Waals surface area contributed by atoms with Crippen LogP contribution in [0.4, 0.5) is 5.69 Å². The largest absolute Gasteiger partial charge is 0.378 e. The molecule has 0 saturated carbocycles. The summed E-state index contributed by atoms with van der Waals surface area (Å²) in [7, 11) is 8.21. The van der Waals surface area contributed by atoms with Crippen molar-refractivity contribution in [3.63, 3.8) is 0 Å². The number of benzene rings is 1. The maximum atomic E-state index is 4.13. The Hall–Kier alpha value is -2.09. The van der Waals surface area contributed by atoms with E-state index in [4.69, 9.17) is 0 Å². The second-order valence-corrected chi connectivity index (χ2v) is 5.18. The minimum atomic E-state index is 1.06. The first-order valence-corrected chi connectivity index (χ1v) is 6.40. The molecule has 2 nitrogen and oxygen atoms in total. The molecule has 0 bridgehead atoms. The number of allylic oxidation sites excluding steroid dienone is 5. The van der Waals surface area contributed by atoms with Crippen LogP contribution in [0.2, 0.25) is 0 Å². The van der Waals surface area contributed by atoms with Crippen molar-refractivity contribution in [1.29, 1.82) is 0 Å². The third kappa shape index (κ3) is 2.84. The second-order valence-electron chi connectivity index (χ2n) is 5.18. The van der Waals surface area contributed by atoms with Gasteiger partial charge in [0.15, 0.2) is 5.71 Å². The van der Waals surface area contributed by atoms with E-state index in [9.17, 15) is 0 Å². The highest BCUT2D eigenvalue weighted by molar-refractivity contribution is 6.10. The lowest BCUT2D eigenvalue weighted by Gasteiger charge is -2.15. The van der Waals surface area contributed by atoms with E-state index < -0.39 is 0 Å². The molecule has 2 heteroatoms. The molecule has 98 valence electrons. The zero-order valence-corrected chi connectivity index (χ0v) is 12.1. The third-order valence-corrected chi connectivity index (χ3v) is 3.30. The molecule has 1 aliphatic carbocycles. The Balaban J connectivity index is 2.40. The number of nitrogens with zero attached hydrogens (tertiary/aromatic N) is 2. The fraction of sp³-hybridized carbons (Fsp3) is 0.235. The lowest BCUT2D eigenvalue weighted by Crippen LogP contribution is -2.11. The maximum absolute atomic E-state index is 4.13. The first-order chi connectivity index (χ1) is 8.99. The number of hydrogen-bond acceptors (Lipinski definition) is 1. The van der Waals surface area contributed by atoms with Gasteiger partial charge in [-0.3, -0.25) is 0 Å².